The Balaban J connectivity index is 1.95. The number of urea groups is 1. The third kappa shape index (κ3) is 4.93. The second kappa shape index (κ2) is 7.77. The monoisotopic (exact) mass is 319 g/mol. The van der Waals surface area contributed by atoms with E-state index in [1.54, 1.807) is 6.20 Å². The van der Waals surface area contributed by atoms with Crippen molar-refractivity contribution in [3.63, 3.8) is 0 Å². The number of aromatic nitrogens is 1. The van der Waals surface area contributed by atoms with Crippen LogP contribution in [0.25, 0.3) is 0 Å². The number of hydrogen-bond acceptors (Lipinski definition) is 3. The largest absolute Gasteiger partial charge is 0.388 e. The van der Waals surface area contributed by atoms with Gasteiger partial charge in [0.05, 0.1) is 17.3 Å². The zero-order chi connectivity index (χ0) is 16.9. The third-order valence-corrected chi connectivity index (χ3v) is 4.66. The summed E-state index contributed by atoms with van der Waals surface area (Å²) in [6.07, 6.45) is 6.51. The number of aliphatic hydroxyl groups is 1. The molecule has 1 heterocycles. The fraction of sp³-hybridized carbons (Fsp3) is 0.667. The minimum absolute atomic E-state index is 0.141. The first-order valence-corrected chi connectivity index (χ1v) is 8.59. The van der Waals surface area contributed by atoms with Crippen LogP contribution in [0.3, 0.4) is 0 Å². The van der Waals surface area contributed by atoms with Crippen molar-refractivity contribution in [3.8, 4) is 0 Å². The summed E-state index contributed by atoms with van der Waals surface area (Å²) in [5, 5.41) is 16.3. The first-order valence-electron chi connectivity index (χ1n) is 8.59. The molecule has 1 aliphatic carbocycles. The molecule has 0 bridgehead atoms. The molecule has 2 rings (SSSR count). The average molecular weight is 319 g/mol. The average Bonchev–Trinajstić information content (AvgIpc) is 2.52. The number of amides is 2. The molecule has 1 unspecified atom stereocenters. The van der Waals surface area contributed by atoms with Crippen LogP contribution in [0.5, 0.6) is 0 Å². The Hall–Kier alpha value is -1.62. The van der Waals surface area contributed by atoms with Crippen molar-refractivity contribution in [2.45, 2.75) is 64.5 Å². The Bertz CT molecular complexity index is 525. The summed E-state index contributed by atoms with van der Waals surface area (Å²) >= 11 is 0. The van der Waals surface area contributed by atoms with Gasteiger partial charge in [0.15, 0.2) is 0 Å². The fourth-order valence-electron chi connectivity index (χ4n) is 3.20. The van der Waals surface area contributed by atoms with Gasteiger partial charge in [-0.2, -0.15) is 0 Å². The molecule has 5 nitrogen and oxygen atoms in total. The summed E-state index contributed by atoms with van der Waals surface area (Å²) < 4.78 is 0. The van der Waals surface area contributed by atoms with Crippen LogP contribution in [0.4, 0.5) is 4.79 Å². The molecule has 0 saturated heterocycles. The Kier molecular flexibility index (Phi) is 5.99. The number of nitrogens with zero attached hydrogens (tertiary/aromatic N) is 1. The summed E-state index contributed by atoms with van der Waals surface area (Å²) in [5.74, 6) is 0.229. The smallest absolute Gasteiger partial charge is 0.315 e. The molecule has 1 aromatic heterocycles. The Morgan fingerprint density at radius 2 is 2.04 bits per heavy atom. The normalized spacial score (nSPS) is 18.5. The van der Waals surface area contributed by atoms with Crippen molar-refractivity contribution in [2.24, 2.45) is 5.92 Å². The van der Waals surface area contributed by atoms with Crippen molar-refractivity contribution >= 4 is 6.03 Å². The maximum Gasteiger partial charge on any atom is 0.315 e. The summed E-state index contributed by atoms with van der Waals surface area (Å²) in [5.41, 5.74) is 1.22. The highest BCUT2D eigenvalue weighted by atomic mass is 16.3. The number of carbonyl (C=O) groups is 1. The van der Waals surface area contributed by atoms with E-state index in [1.165, 1.54) is 6.42 Å². The van der Waals surface area contributed by atoms with Gasteiger partial charge >= 0.3 is 6.03 Å². The van der Waals surface area contributed by atoms with Crippen LogP contribution >= 0.6 is 0 Å². The lowest BCUT2D eigenvalue weighted by molar-refractivity contribution is 0.00708. The van der Waals surface area contributed by atoms with Gasteiger partial charge in [0.1, 0.15) is 0 Å². The van der Waals surface area contributed by atoms with E-state index in [9.17, 15) is 9.90 Å². The van der Waals surface area contributed by atoms with Crippen molar-refractivity contribution in [1.82, 2.24) is 15.6 Å². The predicted octanol–water partition coefficient (Wildman–Crippen LogP) is 3.08. The highest BCUT2D eigenvalue weighted by molar-refractivity contribution is 5.74. The van der Waals surface area contributed by atoms with Gasteiger partial charge in [-0.15, -0.1) is 0 Å². The van der Waals surface area contributed by atoms with Gasteiger partial charge in [0.2, 0.25) is 0 Å². The lowest BCUT2D eigenvalue weighted by atomic mass is 9.85. The zero-order valence-electron chi connectivity index (χ0n) is 14.4. The van der Waals surface area contributed by atoms with Gasteiger partial charge < -0.3 is 15.7 Å². The molecule has 1 aliphatic rings. The summed E-state index contributed by atoms with van der Waals surface area (Å²) in [6, 6.07) is 3.52. The number of pyridine rings is 1. The minimum atomic E-state index is -0.746. The molecule has 128 valence electrons. The molecule has 1 saturated carbocycles. The third-order valence-electron chi connectivity index (χ3n) is 4.66. The molecule has 3 N–H and O–H groups in total. The van der Waals surface area contributed by atoms with Crippen LogP contribution in [0, 0.1) is 12.8 Å². The second-order valence-electron chi connectivity index (χ2n) is 7.04. The summed E-state index contributed by atoms with van der Waals surface area (Å²) in [6.45, 7) is 6.44. The van der Waals surface area contributed by atoms with E-state index < -0.39 is 5.60 Å². The van der Waals surface area contributed by atoms with Crippen LogP contribution in [0.1, 0.15) is 63.3 Å². The number of carbonyl (C=O) groups excluding carboxylic acids is 1. The van der Waals surface area contributed by atoms with E-state index in [4.69, 9.17) is 0 Å². The topological polar surface area (TPSA) is 74.2 Å². The van der Waals surface area contributed by atoms with E-state index in [-0.39, 0.29) is 18.0 Å². The quantitative estimate of drug-likeness (QED) is 0.781. The van der Waals surface area contributed by atoms with Gasteiger partial charge in [-0.25, -0.2) is 4.79 Å². The van der Waals surface area contributed by atoms with Crippen LogP contribution in [-0.2, 0) is 0 Å². The van der Waals surface area contributed by atoms with E-state index >= 15 is 0 Å². The molecule has 1 fully saturated rings. The lowest BCUT2D eigenvalue weighted by Crippen LogP contribution is -2.48. The van der Waals surface area contributed by atoms with Gasteiger partial charge in [-0.3, -0.25) is 4.98 Å². The SMILES string of the molecule is Cc1cccnc1C(NC(=O)NCC1(O)CCCCC1)C(C)C. The highest BCUT2D eigenvalue weighted by Gasteiger charge is 2.30. The number of hydrogen-bond donors (Lipinski definition) is 3. The van der Waals surface area contributed by atoms with Crippen LogP contribution < -0.4 is 10.6 Å². The molecule has 2 amide bonds. The van der Waals surface area contributed by atoms with Crippen molar-refractivity contribution in [1.29, 1.82) is 0 Å². The van der Waals surface area contributed by atoms with E-state index in [0.29, 0.717) is 6.54 Å². The van der Waals surface area contributed by atoms with E-state index in [1.807, 2.05) is 19.1 Å². The standard InChI is InChI=1S/C18H29N3O2/c1-13(2)15(16-14(3)8-7-11-19-16)21-17(22)20-12-18(23)9-5-4-6-10-18/h7-8,11,13,15,23H,4-6,9-10,12H2,1-3H3,(H2,20,21,22). The molecule has 1 atom stereocenters. The molecular weight excluding hydrogens is 290 g/mol. The number of rotatable bonds is 5. The minimum Gasteiger partial charge on any atom is -0.388 e. The van der Waals surface area contributed by atoms with E-state index in [2.05, 4.69) is 29.5 Å². The molecule has 0 radical (unpaired) electrons. The van der Waals surface area contributed by atoms with Crippen molar-refractivity contribution in [2.75, 3.05) is 6.54 Å². The Labute approximate surface area is 138 Å². The molecule has 5 heteroatoms. The van der Waals surface area contributed by atoms with Crippen molar-refractivity contribution in [3.05, 3.63) is 29.6 Å². The van der Waals surface area contributed by atoms with Gasteiger partial charge in [0.25, 0.3) is 0 Å². The van der Waals surface area contributed by atoms with Gasteiger partial charge in [0, 0.05) is 12.7 Å². The van der Waals surface area contributed by atoms with Gasteiger partial charge in [-0.1, -0.05) is 39.2 Å². The first kappa shape index (κ1) is 17.7. The number of aryl methyl sites for hydroxylation is 1. The fourth-order valence-corrected chi connectivity index (χ4v) is 3.20. The molecule has 0 spiro atoms. The molecule has 23 heavy (non-hydrogen) atoms. The first-order chi connectivity index (χ1) is 10.9. The second-order valence-corrected chi connectivity index (χ2v) is 7.04. The Morgan fingerprint density at radius 3 is 2.65 bits per heavy atom. The van der Waals surface area contributed by atoms with Crippen LogP contribution in [0.2, 0.25) is 0 Å². The maximum absolute atomic E-state index is 12.3. The molecular formula is C18H29N3O2. The maximum atomic E-state index is 12.3. The van der Waals surface area contributed by atoms with Crippen molar-refractivity contribution < 1.29 is 9.90 Å². The molecule has 0 aliphatic heterocycles. The van der Waals surface area contributed by atoms with Crippen LogP contribution in [-0.4, -0.2) is 28.3 Å². The summed E-state index contributed by atoms with van der Waals surface area (Å²) in [7, 11) is 0. The zero-order valence-corrected chi connectivity index (χ0v) is 14.4. The highest BCUT2D eigenvalue weighted by Crippen LogP contribution is 2.27. The molecule has 0 aromatic carbocycles. The van der Waals surface area contributed by atoms with E-state index in [0.717, 1.165) is 36.9 Å². The predicted molar refractivity (Wildman–Crippen MR) is 91.1 cm³/mol. The molecule has 1 aromatic rings. The lowest BCUT2D eigenvalue weighted by Gasteiger charge is -2.32. The van der Waals surface area contributed by atoms with Crippen LogP contribution in [0.15, 0.2) is 18.3 Å². The summed E-state index contributed by atoms with van der Waals surface area (Å²) in [4.78, 5) is 16.7. The Morgan fingerprint density at radius 1 is 1.35 bits per heavy atom. The number of nitrogens with one attached hydrogen (secondary N) is 2. The van der Waals surface area contributed by atoms with Gasteiger partial charge in [-0.05, 0) is 37.3 Å².